The Morgan fingerprint density at radius 2 is 2.26 bits per heavy atom. The molecule has 0 bridgehead atoms. The van der Waals surface area contributed by atoms with Crippen molar-refractivity contribution in [3.63, 3.8) is 0 Å². The smallest absolute Gasteiger partial charge is 0.287 e. The van der Waals surface area contributed by atoms with E-state index in [2.05, 4.69) is 27.1 Å². The Morgan fingerprint density at radius 3 is 2.87 bits per heavy atom. The molecule has 7 heteroatoms. The van der Waals surface area contributed by atoms with Crippen LogP contribution in [0.15, 0.2) is 40.5 Å². The quantitative estimate of drug-likeness (QED) is 0.206. The molecule has 0 saturated heterocycles. The lowest BCUT2D eigenvalue weighted by Gasteiger charge is -2.21. The fourth-order valence-electron chi connectivity index (χ4n) is 1.87. The van der Waals surface area contributed by atoms with Crippen LogP contribution in [0.5, 0.6) is 0 Å². The van der Waals surface area contributed by atoms with Gasteiger partial charge in [-0.3, -0.25) is 9.79 Å². The maximum absolute atomic E-state index is 11.7. The Morgan fingerprint density at radius 1 is 1.48 bits per heavy atom. The summed E-state index contributed by atoms with van der Waals surface area (Å²) in [5, 5.41) is 6.02. The fraction of sp³-hybridized carbons (Fsp3) is 0.500. The molecule has 2 N–H and O–H groups in total. The Bertz CT molecular complexity index is 474. The van der Waals surface area contributed by atoms with Crippen LogP contribution >= 0.6 is 24.0 Å². The lowest BCUT2D eigenvalue weighted by molar-refractivity contribution is 0.0927. The molecule has 0 saturated carbocycles. The molecule has 0 aromatic carbocycles. The van der Waals surface area contributed by atoms with Crippen molar-refractivity contribution < 1.29 is 9.21 Å². The van der Waals surface area contributed by atoms with Crippen LogP contribution < -0.4 is 10.6 Å². The molecule has 0 fully saturated rings. The highest BCUT2D eigenvalue weighted by Crippen LogP contribution is 1.98. The predicted molar refractivity (Wildman–Crippen MR) is 104 cm³/mol. The van der Waals surface area contributed by atoms with E-state index in [1.165, 1.54) is 6.26 Å². The number of hydrogen-bond donors (Lipinski definition) is 2. The molecule has 1 aromatic rings. The zero-order valence-electron chi connectivity index (χ0n) is 13.9. The lowest BCUT2D eigenvalue weighted by Crippen LogP contribution is -2.40. The van der Waals surface area contributed by atoms with E-state index in [0.717, 1.165) is 31.9 Å². The first-order valence-corrected chi connectivity index (χ1v) is 7.61. The first-order valence-electron chi connectivity index (χ1n) is 7.61. The maximum atomic E-state index is 11.7. The van der Waals surface area contributed by atoms with E-state index in [1.54, 1.807) is 12.1 Å². The van der Waals surface area contributed by atoms with Gasteiger partial charge in [0.1, 0.15) is 0 Å². The number of rotatable bonds is 9. The van der Waals surface area contributed by atoms with Gasteiger partial charge in [-0.25, -0.2) is 0 Å². The van der Waals surface area contributed by atoms with Gasteiger partial charge in [0, 0.05) is 26.7 Å². The van der Waals surface area contributed by atoms with Gasteiger partial charge in [-0.1, -0.05) is 6.08 Å². The summed E-state index contributed by atoms with van der Waals surface area (Å²) >= 11 is 0. The van der Waals surface area contributed by atoms with E-state index in [9.17, 15) is 4.79 Å². The van der Waals surface area contributed by atoms with Crippen LogP contribution in [0.1, 0.15) is 30.3 Å². The minimum atomic E-state index is -0.218. The minimum Gasteiger partial charge on any atom is -0.459 e. The standard InChI is InChI=1S/C16H26N4O2.HI/c1-4-6-7-12-20(3)16(17-5-2)19-11-10-18-15(21)14-9-8-13-22-14;/h4,8-9,13H,1,5-7,10-12H2,2-3H3,(H,17,19)(H,18,21);1H. The summed E-state index contributed by atoms with van der Waals surface area (Å²) in [6.07, 6.45) is 5.43. The van der Waals surface area contributed by atoms with Crippen LogP contribution in [-0.2, 0) is 0 Å². The number of carbonyl (C=O) groups is 1. The molecule has 0 aliphatic heterocycles. The highest BCUT2D eigenvalue weighted by Gasteiger charge is 2.07. The van der Waals surface area contributed by atoms with E-state index >= 15 is 0 Å². The summed E-state index contributed by atoms with van der Waals surface area (Å²) in [6.45, 7) is 8.46. The molecule has 0 unspecified atom stereocenters. The topological polar surface area (TPSA) is 69.9 Å². The number of allylic oxidation sites excluding steroid dienone is 1. The summed E-state index contributed by atoms with van der Waals surface area (Å²) in [7, 11) is 2.01. The molecule has 1 aromatic heterocycles. The molecule has 130 valence electrons. The molecule has 1 heterocycles. The Hall–Kier alpha value is -1.51. The third-order valence-corrected chi connectivity index (χ3v) is 3.00. The summed E-state index contributed by atoms with van der Waals surface area (Å²) in [6, 6.07) is 3.32. The van der Waals surface area contributed by atoms with Crippen molar-refractivity contribution >= 4 is 35.8 Å². The number of nitrogens with one attached hydrogen (secondary N) is 2. The van der Waals surface area contributed by atoms with Crippen molar-refractivity contribution in [3.05, 3.63) is 36.8 Å². The molecule has 1 rings (SSSR count). The number of hydrogen-bond acceptors (Lipinski definition) is 3. The Balaban J connectivity index is 0.00000484. The van der Waals surface area contributed by atoms with Crippen LogP contribution in [0.4, 0.5) is 0 Å². The second kappa shape index (κ2) is 13.0. The number of guanidine groups is 1. The first kappa shape index (κ1) is 21.5. The van der Waals surface area contributed by atoms with E-state index in [0.29, 0.717) is 18.8 Å². The molecular weight excluding hydrogens is 407 g/mol. The largest absolute Gasteiger partial charge is 0.459 e. The molecule has 0 radical (unpaired) electrons. The third-order valence-electron chi connectivity index (χ3n) is 3.00. The van der Waals surface area contributed by atoms with Gasteiger partial charge in [-0.2, -0.15) is 0 Å². The molecule has 6 nitrogen and oxygen atoms in total. The van der Waals surface area contributed by atoms with Crippen molar-refractivity contribution in [2.75, 3.05) is 33.2 Å². The molecule has 0 spiro atoms. The minimum absolute atomic E-state index is 0. The van der Waals surface area contributed by atoms with Gasteiger partial charge in [0.15, 0.2) is 11.7 Å². The zero-order chi connectivity index (χ0) is 16.2. The van der Waals surface area contributed by atoms with Crippen molar-refractivity contribution in [2.24, 2.45) is 4.99 Å². The van der Waals surface area contributed by atoms with Gasteiger partial charge in [0.05, 0.1) is 12.8 Å². The monoisotopic (exact) mass is 434 g/mol. The summed E-state index contributed by atoms with van der Waals surface area (Å²) in [4.78, 5) is 18.3. The fourth-order valence-corrected chi connectivity index (χ4v) is 1.87. The van der Waals surface area contributed by atoms with E-state index in [4.69, 9.17) is 4.42 Å². The summed E-state index contributed by atoms with van der Waals surface area (Å²) < 4.78 is 5.03. The SMILES string of the molecule is C=CCCCN(C)C(=NCCNC(=O)c1ccco1)NCC.I. The molecule has 0 atom stereocenters. The lowest BCUT2D eigenvalue weighted by atomic mass is 10.3. The molecular formula is C16H27IN4O2. The Kier molecular flexibility index (Phi) is 12.1. The van der Waals surface area contributed by atoms with Crippen LogP contribution in [0.3, 0.4) is 0 Å². The number of unbranched alkanes of at least 4 members (excludes halogenated alkanes) is 1. The maximum Gasteiger partial charge on any atom is 0.287 e. The molecule has 0 aliphatic carbocycles. The highest BCUT2D eigenvalue weighted by atomic mass is 127. The normalized spacial score (nSPS) is 10.6. The molecule has 1 amide bonds. The first-order chi connectivity index (χ1) is 10.7. The van der Waals surface area contributed by atoms with Gasteiger partial charge in [0.2, 0.25) is 0 Å². The number of furan rings is 1. The number of halogens is 1. The van der Waals surface area contributed by atoms with Crippen molar-refractivity contribution in [2.45, 2.75) is 19.8 Å². The number of nitrogens with zero attached hydrogens (tertiary/aromatic N) is 2. The van der Waals surface area contributed by atoms with Crippen molar-refractivity contribution in [3.8, 4) is 0 Å². The van der Waals surface area contributed by atoms with Gasteiger partial charge in [-0.05, 0) is 31.9 Å². The molecule has 23 heavy (non-hydrogen) atoms. The summed E-state index contributed by atoms with van der Waals surface area (Å²) in [5.41, 5.74) is 0. The Labute approximate surface area is 155 Å². The van der Waals surface area contributed by atoms with Crippen LogP contribution in [0.25, 0.3) is 0 Å². The van der Waals surface area contributed by atoms with Crippen molar-refractivity contribution in [1.82, 2.24) is 15.5 Å². The zero-order valence-corrected chi connectivity index (χ0v) is 16.2. The van der Waals surface area contributed by atoms with Gasteiger partial charge in [0.25, 0.3) is 5.91 Å². The van der Waals surface area contributed by atoms with E-state index in [1.807, 2.05) is 20.0 Å². The number of aliphatic imine (C=N–C) groups is 1. The van der Waals surface area contributed by atoms with Gasteiger partial charge < -0.3 is 20.0 Å². The average molecular weight is 434 g/mol. The van der Waals surface area contributed by atoms with E-state index < -0.39 is 0 Å². The second-order valence-electron chi connectivity index (χ2n) is 4.82. The number of amides is 1. The predicted octanol–water partition coefficient (Wildman–Crippen LogP) is 2.49. The number of carbonyl (C=O) groups excluding carboxylic acids is 1. The highest BCUT2D eigenvalue weighted by molar-refractivity contribution is 14.0. The van der Waals surface area contributed by atoms with Gasteiger partial charge in [-0.15, -0.1) is 30.6 Å². The van der Waals surface area contributed by atoms with Crippen LogP contribution in [0.2, 0.25) is 0 Å². The third kappa shape index (κ3) is 8.63. The molecule has 0 aliphatic rings. The van der Waals surface area contributed by atoms with Crippen molar-refractivity contribution in [1.29, 1.82) is 0 Å². The van der Waals surface area contributed by atoms with Crippen LogP contribution in [0, 0.1) is 0 Å². The van der Waals surface area contributed by atoms with Crippen LogP contribution in [-0.4, -0.2) is 50.0 Å². The summed E-state index contributed by atoms with van der Waals surface area (Å²) in [5.74, 6) is 0.945. The average Bonchev–Trinajstić information content (AvgIpc) is 3.04. The van der Waals surface area contributed by atoms with E-state index in [-0.39, 0.29) is 29.9 Å². The second-order valence-corrected chi connectivity index (χ2v) is 4.82. The van der Waals surface area contributed by atoms with Gasteiger partial charge >= 0.3 is 0 Å².